The van der Waals surface area contributed by atoms with Gasteiger partial charge in [0.1, 0.15) is 5.82 Å². The average Bonchev–Trinajstić information content (AvgIpc) is 3.44. The highest BCUT2D eigenvalue weighted by atomic mass is 32.1. The molecule has 0 saturated carbocycles. The molecule has 0 radical (unpaired) electrons. The lowest BCUT2D eigenvalue weighted by Gasteiger charge is -2.03. The molecule has 5 heteroatoms. The molecule has 0 saturated heterocycles. The van der Waals surface area contributed by atoms with Gasteiger partial charge in [0, 0.05) is 28.0 Å². The topological polar surface area (TPSA) is 54.5 Å². The van der Waals surface area contributed by atoms with E-state index in [-0.39, 0.29) is 0 Å². The molecule has 0 spiro atoms. The van der Waals surface area contributed by atoms with Crippen LogP contribution in [-0.4, -0.2) is 19.9 Å². The molecular formula is C25H26N4S. The highest BCUT2D eigenvalue weighted by Gasteiger charge is 2.15. The molecule has 5 aromatic rings. The fourth-order valence-corrected chi connectivity index (χ4v) is 5.17. The summed E-state index contributed by atoms with van der Waals surface area (Å²) in [7, 11) is 0. The Morgan fingerprint density at radius 2 is 1.53 bits per heavy atom. The first-order valence-corrected chi connectivity index (χ1v) is 11.8. The van der Waals surface area contributed by atoms with E-state index in [0.717, 1.165) is 45.1 Å². The van der Waals surface area contributed by atoms with Gasteiger partial charge >= 0.3 is 0 Å². The minimum absolute atomic E-state index is 0.911. The zero-order valence-corrected chi connectivity index (χ0v) is 18.1. The third-order valence-corrected chi connectivity index (χ3v) is 6.89. The van der Waals surface area contributed by atoms with E-state index in [1.54, 1.807) is 0 Å². The number of pyridine rings is 2. The van der Waals surface area contributed by atoms with Gasteiger partial charge in [-0.25, -0.2) is 4.98 Å². The zero-order chi connectivity index (χ0) is 20.3. The molecule has 5 rings (SSSR count). The van der Waals surface area contributed by atoms with Crippen molar-refractivity contribution in [1.29, 1.82) is 0 Å². The van der Waals surface area contributed by atoms with Crippen LogP contribution in [0.2, 0.25) is 0 Å². The van der Waals surface area contributed by atoms with Crippen LogP contribution in [0.4, 0.5) is 0 Å². The largest absolute Gasteiger partial charge is 0.337 e. The number of fused-ring (bicyclic) bond motifs is 6. The Morgan fingerprint density at radius 3 is 2.37 bits per heavy atom. The van der Waals surface area contributed by atoms with Crippen LogP contribution in [0.3, 0.4) is 0 Å². The van der Waals surface area contributed by atoms with Crippen molar-refractivity contribution in [3.05, 3.63) is 53.7 Å². The van der Waals surface area contributed by atoms with Crippen molar-refractivity contribution in [2.75, 3.05) is 0 Å². The summed E-state index contributed by atoms with van der Waals surface area (Å²) < 4.78 is 0. The van der Waals surface area contributed by atoms with Gasteiger partial charge in [-0.05, 0) is 49.2 Å². The molecule has 30 heavy (non-hydrogen) atoms. The summed E-state index contributed by atoms with van der Waals surface area (Å²) >= 11 is 1.86. The number of nitrogens with one attached hydrogen (secondary N) is 1. The second-order valence-corrected chi connectivity index (χ2v) is 9.06. The van der Waals surface area contributed by atoms with Gasteiger partial charge in [0.05, 0.1) is 26.9 Å². The summed E-state index contributed by atoms with van der Waals surface area (Å²) in [5.74, 6) is 0.936. The molecule has 4 heterocycles. The number of benzene rings is 1. The van der Waals surface area contributed by atoms with Crippen molar-refractivity contribution in [1.82, 2.24) is 19.9 Å². The molecule has 1 N–H and O–H groups in total. The van der Waals surface area contributed by atoms with Crippen molar-refractivity contribution in [3.63, 3.8) is 0 Å². The third-order valence-electron chi connectivity index (χ3n) is 5.74. The molecule has 4 aromatic heterocycles. The summed E-state index contributed by atoms with van der Waals surface area (Å²) in [5, 5.41) is 2.12. The van der Waals surface area contributed by atoms with Crippen molar-refractivity contribution >= 4 is 44.2 Å². The molecule has 0 amide bonds. The van der Waals surface area contributed by atoms with Gasteiger partial charge in [-0.3, -0.25) is 9.97 Å². The monoisotopic (exact) mass is 414 g/mol. The number of aromatic amines is 1. The van der Waals surface area contributed by atoms with E-state index in [2.05, 4.69) is 46.1 Å². The summed E-state index contributed by atoms with van der Waals surface area (Å²) in [6.07, 6.45) is 12.8. The van der Waals surface area contributed by atoms with E-state index < -0.39 is 0 Å². The SMILES string of the molecule is CCCCCCCCc1ccc(-c2nc3c4cccnc4c4ncccc4c3[nH]2)s1. The number of imidazole rings is 1. The van der Waals surface area contributed by atoms with E-state index in [1.807, 2.05) is 35.9 Å². The first-order valence-electron chi connectivity index (χ1n) is 11.0. The number of nitrogens with zero attached hydrogens (tertiary/aromatic N) is 3. The van der Waals surface area contributed by atoms with Crippen molar-refractivity contribution in [2.24, 2.45) is 0 Å². The number of aryl methyl sites for hydroxylation is 1. The maximum absolute atomic E-state index is 4.99. The number of unbranched alkanes of at least 4 members (excludes halogenated alkanes) is 5. The molecule has 0 unspecified atom stereocenters. The predicted molar refractivity (Wildman–Crippen MR) is 127 cm³/mol. The molecule has 0 aliphatic carbocycles. The Morgan fingerprint density at radius 1 is 0.800 bits per heavy atom. The van der Waals surface area contributed by atoms with Crippen LogP contribution >= 0.6 is 11.3 Å². The van der Waals surface area contributed by atoms with Gasteiger partial charge in [-0.1, -0.05) is 39.0 Å². The fraction of sp³-hybridized carbons (Fsp3) is 0.320. The van der Waals surface area contributed by atoms with E-state index in [0.29, 0.717) is 0 Å². The van der Waals surface area contributed by atoms with Crippen LogP contribution in [0.15, 0.2) is 48.8 Å². The number of hydrogen-bond donors (Lipinski definition) is 1. The summed E-state index contributed by atoms with van der Waals surface area (Å²) in [5.41, 5.74) is 3.85. The fourth-order valence-electron chi connectivity index (χ4n) is 4.18. The van der Waals surface area contributed by atoms with Crippen LogP contribution in [-0.2, 0) is 6.42 Å². The maximum atomic E-state index is 4.99. The second kappa shape index (κ2) is 8.52. The van der Waals surface area contributed by atoms with Crippen LogP contribution < -0.4 is 0 Å². The molecule has 1 aromatic carbocycles. The molecule has 0 aliphatic rings. The Bertz CT molecular complexity index is 1230. The highest BCUT2D eigenvalue weighted by molar-refractivity contribution is 7.15. The summed E-state index contributed by atoms with van der Waals surface area (Å²) in [6, 6.07) is 12.6. The van der Waals surface area contributed by atoms with Gasteiger partial charge in [-0.2, -0.15) is 0 Å². The Balaban J connectivity index is 1.46. The van der Waals surface area contributed by atoms with E-state index in [1.165, 1.54) is 48.3 Å². The molecular weight excluding hydrogens is 388 g/mol. The van der Waals surface area contributed by atoms with Crippen molar-refractivity contribution in [2.45, 2.75) is 51.9 Å². The number of aromatic nitrogens is 4. The highest BCUT2D eigenvalue weighted by Crippen LogP contribution is 2.35. The van der Waals surface area contributed by atoms with Gasteiger partial charge in [0.2, 0.25) is 0 Å². The molecule has 0 aliphatic heterocycles. The van der Waals surface area contributed by atoms with Gasteiger partial charge < -0.3 is 4.98 Å². The normalized spacial score (nSPS) is 11.8. The van der Waals surface area contributed by atoms with Crippen molar-refractivity contribution < 1.29 is 0 Å². The Kier molecular flexibility index (Phi) is 5.45. The third kappa shape index (κ3) is 3.58. The van der Waals surface area contributed by atoms with Crippen LogP contribution in [0, 0.1) is 0 Å². The zero-order valence-electron chi connectivity index (χ0n) is 17.3. The Hall–Kier alpha value is -2.79. The molecule has 0 fully saturated rings. The standard InChI is InChI=1S/C25H26N4S/c1-2-3-4-5-6-7-10-17-13-14-20(30-17)25-28-23-18-11-8-15-26-21(18)22-19(24(23)29-25)12-9-16-27-22/h8-9,11-16H,2-7,10H2,1H3,(H,28,29). The predicted octanol–water partition coefficient (Wildman–Crippen LogP) is 7.29. The van der Waals surface area contributed by atoms with Gasteiger partial charge in [0.25, 0.3) is 0 Å². The summed E-state index contributed by atoms with van der Waals surface area (Å²) in [4.78, 5) is 20.4. The van der Waals surface area contributed by atoms with E-state index >= 15 is 0 Å². The number of thiophene rings is 1. The molecule has 152 valence electrons. The minimum Gasteiger partial charge on any atom is -0.337 e. The smallest absolute Gasteiger partial charge is 0.148 e. The maximum Gasteiger partial charge on any atom is 0.148 e. The minimum atomic E-state index is 0.911. The first-order chi connectivity index (χ1) is 14.8. The molecule has 4 nitrogen and oxygen atoms in total. The van der Waals surface area contributed by atoms with Crippen LogP contribution in [0.5, 0.6) is 0 Å². The molecule has 0 atom stereocenters. The van der Waals surface area contributed by atoms with E-state index in [4.69, 9.17) is 4.98 Å². The number of rotatable bonds is 8. The van der Waals surface area contributed by atoms with Crippen LogP contribution in [0.25, 0.3) is 43.5 Å². The lowest BCUT2D eigenvalue weighted by Crippen LogP contribution is -1.86. The van der Waals surface area contributed by atoms with Gasteiger partial charge in [0.15, 0.2) is 0 Å². The van der Waals surface area contributed by atoms with Crippen LogP contribution in [0.1, 0.15) is 50.3 Å². The first kappa shape index (κ1) is 19.2. The molecule has 0 bridgehead atoms. The summed E-state index contributed by atoms with van der Waals surface area (Å²) in [6.45, 7) is 2.27. The number of hydrogen-bond acceptors (Lipinski definition) is 4. The lowest BCUT2D eigenvalue weighted by atomic mass is 10.1. The second-order valence-electron chi connectivity index (χ2n) is 7.89. The average molecular weight is 415 g/mol. The van der Waals surface area contributed by atoms with Gasteiger partial charge in [-0.15, -0.1) is 11.3 Å². The quantitative estimate of drug-likeness (QED) is 0.214. The van der Waals surface area contributed by atoms with E-state index in [9.17, 15) is 0 Å². The Labute approximate surface area is 180 Å². The van der Waals surface area contributed by atoms with Crippen molar-refractivity contribution in [3.8, 4) is 10.7 Å². The lowest BCUT2D eigenvalue weighted by molar-refractivity contribution is 0.609. The number of H-pyrrole nitrogens is 1.